The summed E-state index contributed by atoms with van der Waals surface area (Å²) in [4.78, 5) is 28.1. The number of amides is 3. The Morgan fingerprint density at radius 3 is 2.63 bits per heavy atom. The molecule has 0 spiro atoms. The molecule has 7 nitrogen and oxygen atoms in total. The first-order chi connectivity index (χ1) is 13.0. The third-order valence-corrected chi connectivity index (χ3v) is 4.58. The van der Waals surface area contributed by atoms with E-state index >= 15 is 0 Å². The Morgan fingerprint density at radius 1 is 1.15 bits per heavy atom. The Bertz CT molecular complexity index is 859. The zero-order chi connectivity index (χ0) is 19.4. The molecular weight excluding hydrogens is 370 g/mol. The molecule has 1 fully saturated rings. The molecule has 2 aromatic rings. The number of carbonyl (C=O) groups is 2. The Morgan fingerprint density at radius 2 is 1.93 bits per heavy atom. The van der Waals surface area contributed by atoms with Gasteiger partial charge in [-0.15, -0.1) is 0 Å². The number of nitrogens with one attached hydrogen (secondary N) is 1. The number of methoxy groups -OCH3 is 2. The summed E-state index contributed by atoms with van der Waals surface area (Å²) in [5, 5.41) is 3.17. The predicted octanol–water partition coefficient (Wildman–Crippen LogP) is 3.24. The molecular formula is C19H20ClN3O4. The van der Waals surface area contributed by atoms with Crippen molar-refractivity contribution < 1.29 is 19.1 Å². The van der Waals surface area contributed by atoms with Gasteiger partial charge in [-0.1, -0.05) is 23.7 Å². The van der Waals surface area contributed by atoms with Gasteiger partial charge in [0.25, 0.3) is 0 Å². The summed E-state index contributed by atoms with van der Waals surface area (Å²) < 4.78 is 10.6. The molecule has 0 saturated carbocycles. The van der Waals surface area contributed by atoms with Crippen LogP contribution in [0, 0.1) is 0 Å². The summed E-state index contributed by atoms with van der Waals surface area (Å²) in [5.74, 6) is 0.871. The molecule has 3 rings (SSSR count). The third kappa shape index (κ3) is 4.09. The molecule has 1 aliphatic rings. The average Bonchev–Trinajstić information content (AvgIpc) is 3.03. The minimum atomic E-state index is -0.309. The standard InChI is InChI=1S/C19H20ClN3O4/c1-26-13-7-8-17(27-2)16(11-13)23-10-9-22(19(23)25)12-18(24)21-15-6-4-3-5-14(15)20/h3-8,11H,9-10,12H2,1-2H3,(H,21,24). The first-order valence-electron chi connectivity index (χ1n) is 8.36. The van der Waals surface area contributed by atoms with E-state index in [1.54, 1.807) is 61.6 Å². The van der Waals surface area contributed by atoms with Crippen LogP contribution in [0.4, 0.5) is 16.2 Å². The maximum Gasteiger partial charge on any atom is 0.325 e. The topological polar surface area (TPSA) is 71.1 Å². The van der Waals surface area contributed by atoms with E-state index in [0.29, 0.717) is 41.0 Å². The summed E-state index contributed by atoms with van der Waals surface area (Å²) in [6.07, 6.45) is 0. The van der Waals surface area contributed by atoms with E-state index in [2.05, 4.69) is 5.32 Å². The van der Waals surface area contributed by atoms with Crippen LogP contribution in [0.3, 0.4) is 0 Å². The fourth-order valence-electron chi connectivity index (χ4n) is 2.89. The number of nitrogens with zero attached hydrogens (tertiary/aromatic N) is 2. The molecule has 0 aliphatic carbocycles. The van der Waals surface area contributed by atoms with Crippen LogP contribution in [0.25, 0.3) is 0 Å². The monoisotopic (exact) mass is 389 g/mol. The van der Waals surface area contributed by atoms with Crippen LogP contribution in [0.1, 0.15) is 0 Å². The number of hydrogen-bond donors (Lipinski definition) is 1. The van der Waals surface area contributed by atoms with E-state index in [1.807, 2.05) is 0 Å². The van der Waals surface area contributed by atoms with Gasteiger partial charge in [0.15, 0.2) is 0 Å². The molecule has 1 aliphatic heterocycles. The zero-order valence-electron chi connectivity index (χ0n) is 15.1. The summed E-state index contributed by atoms with van der Waals surface area (Å²) in [5.41, 5.74) is 1.12. The zero-order valence-corrected chi connectivity index (χ0v) is 15.8. The summed E-state index contributed by atoms with van der Waals surface area (Å²) >= 11 is 6.05. The van der Waals surface area contributed by atoms with Gasteiger partial charge in [0.1, 0.15) is 18.0 Å². The Kier molecular flexibility index (Phi) is 5.71. The van der Waals surface area contributed by atoms with Crippen LogP contribution in [0.15, 0.2) is 42.5 Å². The summed E-state index contributed by atoms with van der Waals surface area (Å²) in [6.45, 7) is 0.809. The number of rotatable bonds is 6. The van der Waals surface area contributed by atoms with Gasteiger partial charge in [-0.2, -0.15) is 0 Å². The number of halogens is 1. The van der Waals surface area contributed by atoms with Crippen molar-refractivity contribution in [1.29, 1.82) is 0 Å². The SMILES string of the molecule is COc1ccc(OC)c(N2CCN(CC(=O)Nc3ccccc3Cl)C2=O)c1. The lowest BCUT2D eigenvalue weighted by molar-refractivity contribution is -0.116. The molecule has 1 saturated heterocycles. The smallest absolute Gasteiger partial charge is 0.325 e. The predicted molar refractivity (Wildman–Crippen MR) is 104 cm³/mol. The first kappa shape index (κ1) is 18.8. The highest BCUT2D eigenvalue weighted by molar-refractivity contribution is 6.33. The maximum atomic E-state index is 12.8. The third-order valence-electron chi connectivity index (χ3n) is 4.25. The molecule has 0 unspecified atom stereocenters. The highest BCUT2D eigenvalue weighted by Gasteiger charge is 2.32. The van der Waals surface area contributed by atoms with Gasteiger partial charge in [-0.05, 0) is 24.3 Å². The van der Waals surface area contributed by atoms with Crippen LogP contribution in [-0.4, -0.2) is 50.7 Å². The lowest BCUT2D eigenvalue weighted by Gasteiger charge is -2.21. The summed E-state index contributed by atoms with van der Waals surface area (Å²) in [7, 11) is 3.10. The Labute approximate surface area is 162 Å². The molecule has 0 atom stereocenters. The van der Waals surface area contributed by atoms with Crippen LogP contribution < -0.4 is 19.7 Å². The molecule has 0 aromatic heterocycles. The Balaban J connectivity index is 1.70. The molecule has 8 heteroatoms. The second-order valence-corrected chi connectivity index (χ2v) is 6.33. The van der Waals surface area contributed by atoms with Crippen molar-refractivity contribution in [3.05, 3.63) is 47.5 Å². The van der Waals surface area contributed by atoms with E-state index < -0.39 is 0 Å². The minimum Gasteiger partial charge on any atom is -0.497 e. The van der Waals surface area contributed by atoms with Crippen molar-refractivity contribution >= 4 is 34.9 Å². The van der Waals surface area contributed by atoms with Gasteiger partial charge in [0, 0.05) is 19.2 Å². The maximum absolute atomic E-state index is 12.8. The lowest BCUT2D eigenvalue weighted by atomic mass is 10.2. The van der Waals surface area contributed by atoms with E-state index in [-0.39, 0.29) is 18.5 Å². The normalized spacial score (nSPS) is 13.7. The molecule has 1 N–H and O–H groups in total. The van der Waals surface area contributed by atoms with Gasteiger partial charge in [0.05, 0.1) is 30.6 Å². The highest BCUT2D eigenvalue weighted by atomic mass is 35.5. The largest absolute Gasteiger partial charge is 0.497 e. The number of anilines is 2. The van der Waals surface area contributed by atoms with Crippen LogP contribution in [0.2, 0.25) is 5.02 Å². The van der Waals surface area contributed by atoms with E-state index in [0.717, 1.165) is 0 Å². The number of benzene rings is 2. The minimum absolute atomic E-state index is 0.0627. The number of ether oxygens (including phenoxy) is 2. The van der Waals surface area contributed by atoms with E-state index in [4.69, 9.17) is 21.1 Å². The fourth-order valence-corrected chi connectivity index (χ4v) is 3.07. The van der Waals surface area contributed by atoms with Gasteiger partial charge >= 0.3 is 6.03 Å². The quantitative estimate of drug-likeness (QED) is 0.823. The summed E-state index contributed by atoms with van der Waals surface area (Å²) in [6, 6.07) is 11.9. The van der Waals surface area contributed by atoms with Gasteiger partial charge in [-0.3, -0.25) is 9.69 Å². The van der Waals surface area contributed by atoms with Gasteiger partial charge in [0.2, 0.25) is 5.91 Å². The van der Waals surface area contributed by atoms with Crippen molar-refractivity contribution in [2.45, 2.75) is 0 Å². The average molecular weight is 390 g/mol. The second-order valence-electron chi connectivity index (χ2n) is 5.92. The van der Waals surface area contributed by atoms with Crippen molar-refractivity contribution in [2.24, 2.45) is 0 Å². The number of para-hydroxylation sites is 1. The molecule has 1 heterocycles. The van der Waals surface area contributed by atoms with Crippen LogP contribution in [0.5, 0.6) is 11.5 Å². The first-order valence-corrected chi connectivity index (χ1v) is 8.74. The molecule has 142 valence electrons. The van der Waals surface area contributed by atoms with Gasteiger partial charge < -0.3 is 19.7 Å². The molecule has 3 amide bonds. The van der Waals surface area contributed by atoms with Crippen LogP contribution in [-0.2, 0) is 4.79 Å². The van der Waals surface area contributed by atoms with Crippen molar-refractivity contribution in [3.8, 4) is 11.5 Å². The Hall–Kier alpha value is -2.93. The molecule has 2 aromatic carbocycles. The van der Waals surface area contributed by atoms with Crippen LogP contribution >= 0.6 is 11.6 Å². The van der Waals surface area contributed by atoms with E-state index in [9.17, 15) is 9.59 Å². The van der Waals surface area contributed by atoms with Crippen molar-refractivity contribution in [2.75, 3.05) is 44.1 Å². The molecule has 27 heavy (non-hydrogen) atoms. The molecule has 0 bridgehead atoms. The number of carbonyl (C=O) groups excluding carboxylic acids is 2. The number of hydrogen-bond acceptors (Lipinski definition) is 4. The van der Waals surface area contributed by atoms with Gasteiger partial charge in [-0.25, -0.2) is 4.79 Å². The van der Waals surface area contributed by atoms with Crippen molar-refractivity contribution in [3.63, 3.8) is 0 Å². The molecule has 0 radical (unpaired) electrons. The fraction of sp³-hybridized carbons (Fsp3) is 0.263. The second kappa shape index (κ2) is 8.18. The lowest BCUT2D eigenvalue weighted by Crippen LogP contribution is -2.37. The highest BCUT2D eigenvalue weighted by Crippen LogP contribution is 2.34. The van der Waals surface area contributed by atoms with Crippen molar-refractivity contribution in [1.82, 2.24) is 4.90 Å². The van der Waals surface area contributed by atoms with E-state index in [1.165, 1.54) is 4.90 Å². The number of urea groups is 1.